The first-order chi connectivity index (χ1) is 9.17. The minimum atomic E-state index is -1.42. The Kier molecular flexibility index (Phi) is 6.16. The van der Waals surface area contributed by atoms with Crippen LogP contribution in [0.5, 0.6) is 0 Å². The predicted octanol–water partition coefficient (Wildman–Crippen LogP) is 1.48. The lowest BCUT2D eigenvalue weighted by atomic mass is 9.85. The van der Waals surface area contributed by atoms with E-state index in [-0.39, 0.29) is 12.0 Å². The normalized spacial score (nSPS) is 37.0. The number of ether oxygens (including phenoxy) is 1. The Labute approximate surface area is 122 Å². The average Bonchev–Trinajstić information content (AvgIpc) is 2.36. The van der Waals surface area contributed by atoms with E-state index in [1.54, 1.807) is 12.2 Å². The van der Waals surface area contributed by atoms with E-state index in [4.69, 9.17) is 4.74 Å². The van der Waals surface area contributed by atoms with Crippen LogP contribution in [0, 0.1) is 5.92 Å². The molecule has 0 spiro atoms. The van der Waals surface area contributed by atoms with Gasteiger partial charge in [-0.3, -0.25) is 0 Å². The standard InChI is InChI=1S/C15H28O4Si/c1-6-7-12-10(2)13(17)14(18)15(19-12)11(16)8-9-20(3,4)5/h6,8-18H,1,7H2,2-5H3/b9-8+/t10-,11-,12-,13-,14?,15-/m0/s1. The quantitative estimate of drug-likeness (QED) is 0.531. The van der Waals surface area contributed by atoms with Crippen molar-refractivity contribution in [2.75, 3.05) is 0 Å². The van der Waals surface area contributed by atoms with Gasteiger partial charge in [0.25, 0.3) is 0 Å². The monoisotopic (exact) mass is 300 g/mol. The van der Waals surface area contributed by atoms with Crippen molar-refractivity contribution in [3.63, 3.8) is 0 Å². The van der Waals surface area contributed by atoms with E-state index in [1.165, 1.54) is 0 Å². The second-order valence-electron chi connectivity index (χ2n) is 6.72. The number of hydrogen-bond donors (Lipinski definition) is 3. The summed E-state index contributed by atoms with van der Waals surface area (Å²) in [5, 5.41) is 30.4. The van der Waals surface area contributed by atoms with Crippen LogP contribution in [0.3, 0.4) is 0 Å². The molecule has 1 aliphatic rings. The molecule has 1 saturated heterocycles. The fourth-order valence-corrected chi connectivity index (χ4v) is 3.12. The summed E-state index contributed by atoms with van der Waals surface area (Å²) in [7, 11) is -1.42. The molecule has 0 radical (unpaired) electrons. The summed E-state index contributed by atoms with van der Waals surface area (Å²) in [5.74, 6) is -0.188. The van der Waals surface area contributed by atoms with E-state index in [0.717, 1.165) is 0 Å². The fourth-order valence-electron chi connectivity index (χ4n) is 2.35. The third-order valence-electron chi connectivity index (χ3n) is 3.67. The van der Waals surface area contributed by atoms with Crippen molar-refractivity contribution in [1.82, 2.24) is 0 Å². The summed E-state index contributed by atoms with van der Waals surface area (Å²) < 4.78 is 5.78. The number of hydrogen-bond acceptors (Lipinski definition) is 4. The number of rotatable bonds is 5. The molecular formula is C15H28O4Si. The van der Waals surface area contributed by atoms with Gasteiger partial charge < -0.3 is 20.1 Å². The Morgan fingerprint density at radius 1 is 1.25 bits per heavy atom. The van der Waals surface area contributed by atoms with Gasteiger partial charge in [0, 0.05) is 5.92 Å². The Bertz CT molecular complexity index is 350. The highest BCUT2D eigenvalue weighted by Crippen LogP contribution is 2.30. The lowest BCUT2D eigenvalue weighted by Crippen LogP contribution is -2.57. The second kappa shape index (κ2) is 7.00. The van der Waals surface area contributed by atoms with Gasteiger partial charge in [-0.1, -0.05) is 44.4 Å². The summed E-state index contributed by atoms with van der Waals surface area (Å²) in [6, 6.07) is 0. The fraction of sp³-hybridized carbons (Fsp3) is 0.733. The highest BCUT2D eigenvalue weighted by Gasteiger charge is 2.43. The maximum atomic E-state index is 10.2. The molecule has 20 heavy (non-hydrogen) atoms. The van der Waals surface area contributed by atoms with Crippen LogP contribution in [0.1, 0.15) is 13.3 Å². The SMILES string of the molecule is C=CC[C@@H]1O[C@@H]([C@@H](O)/C=C/[Si](C)(C)C)C(O)[C@@H](O)[C@H]1C. The van der Waals surface area contributed by atoms with E-state index < -0.39 is 32.5 Å². The van der Waals surface area contributed by atoms with Gasteiger partial charge in [0.05, 0.1) is 20.3 Å². The third-order valence-corrected chi connectivity index (χ3v) is 4.87. The van der Waals surface area contributed by atoms with Crippen LogP contribution in [0.4, 0.5) is 0 Å². The Balaban J connectivity index is 2.81. The van der Waals surface area contributed by atoms with E-state index in [1.807, 2.05) is 12.6 Å². The van der Waals surface area contributed by atoms with Gasteiger partial charge in [0.1, 0.15) is 18.3 Å². The lowest BCUT2D eigenvalue weighted by Gasteiger charge is -2.42. The minimum Gasteiger partial charge on any atom is -0.390 e. The highest BCUT2D eigenvalue weighted by atomic mass is 28.3. The van der Waals surface area contributed by atoms with E-state index in [2.05, 4.69) is 26.2 Å². The molecule has 1 heterocycles. The van der Waals surface area contributed by atoms with Crippen molar-refractivity contribution < 1.29 is 20.1 Å². The van der Waals surface area contributed by atoms with Crippen LogP contribution in [-0.4, -0.2) is 53.9 Å². The van der Waals surface area contributed by atoms with Crippen molar-refractivity contribution >= 4 is 8.07 Å². The molecule has 0 aliphatic carbocycles. The van der Waals surface area contributed by atoms with Crippen molar-refractivity contribution in [3.8, 4) is 0 Å². The largest absolute Gasteiger partial charge is 0.390 e. The molecular weight excluding hydrogens is 272 g/mol. The van der Waals surface area contributed by atoms with Crippen LogP contribution < -0.4 is 0 Å². The van der Waals surface area contributed by atoms with Crippen molar-refractivity contribution in [2.45, 2.75) is 63.5 Å². The lowest BCUT2D eigenvalue weighted by molar-refractivity contribution is -0.214. The zero-order valence-electron chi connectivity index (χ0n) is 12.9. The molecule has 0 aromatic rings. The molecule has 0 aromatic carbocycles. The van der Waals surface area contributed by atoms with Gasteiger partial charge in [-0.05, 0) is 6.42 Å². The molecule has 0 amide bonds. The van der Waals surface area contributed by atoms with Crippen LogP contribution in [0.25, 0.3) is 0 Å². The van der Waals surface area contributed by atoms with Crippen LogP contribution in [-0.2, 0) is 4.74 Å². The molecule has 1 rings (SSSR count). The molecule has 1 aliphatic heterocycles. The summed E-state index contributed by atoms with van der Waals surface area (Å²) in [6.07, 6.45) is 0.101. The molecule has 0 aromatic heterocycles. The van der Waals surface area contributed by atoms with E-state index in [0.29, 0.717) is 6.42 Å². The number of aliphatic hydroxyl groups is 3. The second-order valence-corrected chi connectivity index (χ2v) is 11.8. The maximum absolute atomic E-state index is 10.2. The molecule has 1 unspecified atom stereocenters. The van der Waals surface area contributed by atoms with Crippen molar-refractivity contribution in [2.24, 2.45) is 5.92 Å². The summed E-state index contributed by atoms with van der Waals surface area (Å²) in [5.41, 5.74) is 2.01. The zero-order valence-corrected chi connectivity index (χ0v) is 13.9. The third kappa shape index (κ3) is 4.53. The van der Waals surface area contributed by atoms with Crippen LogP contribution in [0.15, 0.2) is 24.4 Å². The van der Waals surface area contributed by atoms with Crippen molar-refractivity contribution in [3.05, 3.63) is 24.4 Å². The Hall–Kier alpha value is -0.463. The topological polar surface area (TPSA) is 69.9 Å². The van der Waals surface area contributed by atoms with Gasteiger partial charge in [-0.25, -0.2) is 0 Å². The molecule has 116 valence electrons. The summed E-state index contributed by atoms with van der Waals surface area (Å²) in [4.78, 5) is 0. The molecule has 1 fully saturated rings. The summed E-state index contributed by atoms with van der Waals surface area (Å²) >= 11 is 0. The van der Waals surface area contributed by atoms with Crippen molar-refractivity contribution in [1.29, 1.82) is 0 Å². The van der Waals surface area contributed by atoms with Gasteiger partial charge in [-0.2, -0.15) is 0 Å². The molecule has 3 N–H and O–H groups in total. The summed E-state index contributed by atoms with van der Waals surface area (Å²) in [6.45, 7) is 12.0. The van der Waals surface area contributed by atoms with E-state index in [9.17, 15) is 15.3 Å². The maximum Gasteiger partial charge on any atom is 0.116 e. The molecule has 0 saturated carbocycles. The first-order valence-electron chi connectivity index (χ1n) is 7.17. The first-order valence-corrected chi connectivity index (χ1v) is 10.7. The van der Waals surface area contributed by atoms with Crippen LogP contribution in [0.2, 0.25) is 19.6 Å². The molecule has 4 nitrogen and oxygen atoms in total. The van der Waals surface area contributed by atoms with Gasteiger partial charge >= 0.3 is 0 Å². The first kappa shape index (κ1) is 17.6. The van der Waals surface area contributed by atoms with Gasteiger partial charge in [0.2, 0.25) is 0 Å². The van der Waals surface area contributed by atoms with Gasteiger partial charge in [0.15, 0.2) is 0 Å². The Morgan fingerprint density at radius 3 is 2.35 bits per heavy atom. The van der Waals surface area contributed by atoms with Crippen LogP contribution >= 0.6 is 0 Å². The molecule has 0 bridgehead atoms. The highest BCUT2D eigenvalue weighted by molar-refractivity contribution is 6.80. The molecule has 6 atom stereocenters. The molecule has 5 heteroatoms. The zero-order chi connectivity index (χ0) is 15.5. The average molecular weight is 300 g/mol. The van der Waals surface area contributed by atoms with Gasteiger partial charge in [-0.15, -0.1) is 6.58 Å². The minimum absolute atomic E-state index is 0.188. The smallest absolute Gasteiger partial charge is 0.116 e. The Morgan fingerprint density at radius 2 is 1.85 bits per heavy atom. The number of aliphatic hydroxyl groups excluding tert-OH is 3. The predicted molar refractivity (Wildman–Crippen MR) is 83.1 cm³/mol. The van der Waals surface area contributed by atoms with E-state index >= 15 is 0 Å².